The van der Waals surface area contributed by atoms with Crippen LogP contribution in [-0.4, -0.2) is 41.7 Å². The third-order valence-corrected chi connectivity index (χ3v) is 5.21. The molecule has 0 bridgehead atoms. The minimum absolute atomic E-state index is 0.0246. The van der Waals surface area contributed by atoms with Gasteiger partial charge in [0.15, 0.2) is 0 Å². The summed E-state index contributed by atoms with van der Waals surface area (Å²) in [6.45, 7) is 2.84. The van der Waals surface area contributed by atoms with Crippen LogP contribution in [0.5, 0.6) is 11.5 Å². The molecule has 1 amide bonds. The van der Waals surface area contributed by atoms with Gasteiger partial charge in [0.05, 0.1) is 25.8 Å². The van der Waals surface area contributed by atoms with Gasteiger partial charge >= 0.3 is 0 Å². The van der Waals surface area contributed by atoms with Gasteiger partial charge in [-0.25, -0.2) is 0 Å². The van der Waals surface area contributed by atoms with E-state index in [2.05, 4.69) is 0 Å². The van der Waals surface area contributed by atoms with E-state index >= 15 is 0 Å². The Morgan fingerprint density at radius 3 is 2.56 bits per heavy atom. The van der Waals surface area contributed by atoms with Gasteiger partial charge in [0.2, 0.25) is 0 Å². The Kier molecular flexibility index (Phi) is 4.60. The highest BCUT2D eigenvalue weighted by molar-refractivity contribution is 6.31. The number of aryl methyl sites for hydroxylation is 1. The van der Waals surface area contributed by atoms with Crippen molar-refractivity contribution < 1.29 is 14.3 Å². The third-order valence-electron chi connectivity index (χ3n) is 4.98. The SMILES string of the molecule is COc1ccc(Cl)cc1C(=O)N1CC(Oc2cc(C)n(C3CC3)c(=O)c2)C1. The van der Waals surface area contributed by atoms with Crippen LogP contribution >= 0.6 is 11.6 Å². The molecule has 1 aliphatic carbocycles. The lowest BCUT2D eigenvalue weighted by Gasteiger charge is -2.39. The number of pyridine rings is 1. The summed E-state index contributed by atoms with van der Waals surface area (Å²) in [5.74, 6) is 0.912. The summed E-state index contributed by atoms with van der Waals surface area (Å²) in [4.78, 5) is 26.6. The number of aromatic nitrogens is 1. The highest BCUT2D eigenvalue weighted by atomic mass is 35.5. The summed E-state index contributed by atoms with van der Waals surface area (Å²) >= 11 is 6.01. The Morgan fingerprint density at radius 1 is 1.19 bits per heavy atom. The van der Waals surface area contributed by atoms with Gasteiger partial charge in [0, 0.05) is 22.8 Å². The molecular weight excluding hydrogens is 368 g/mol. The Bertz CT molecular complexity index is 945. The number of rotatable bonds is 5. The van der Waals surface area contributed by atoms with E-state index in [-0.39, 0.29) is 17.6 Å². The van der Waals surface area contributed by atoms with Crippen LogP contribution in [0.15, 0.2) is 35.1 Å². The molecule has 7 heteroatoms. The molecule has 2 aromatic rings. The smallest absolute Gasteiger partial charge is 0.257 e. The van der Waals surface area contributed by atoms with Crippen molar-refractivity contribution in [2.24, 2.45) is 0 Å². The molecular formula is C20H21ClN2O4. The summed E-state index contributed by atoms with van der Waals surface area (Å²) in [5, 5.41) is 0.485. The first-order chi connectivity index (χ1) is 13.0. The largest absolute Gasteiger partial charge is 0.496 e. The topological polar surface area (TPSA) is 60.8 Å². The van der Waals surface area contributed by atoms with Gasteiger partial charge in [-0.2, -0.15) is 0 Å². The standard InChI is InChI=1S/C20H21ClN2O4/c1-12-7-15(9-19(24)23(12)14-4-5-14)27-16-10-22(11-16)20(25)17-8-13(21)3-6-18(17)26-2/h3,6-9,14,16H,4-5,10-11H2,1-2H3. The Labute approximate surface area is 162 Å². The fourth-order valence-corrected chi connectivity index (χ4v) is 3.61. The minimum atomic E-state index is -0.144. The van der Waals surface area contributed by atoms with Crippen LogP contribution in [0.3, 0.4) is 0 Å². The monoisotopic (exact) mass is 388 g/mol. The van der Waals surface area contributed by atoms with Crippen molar-refractivity contribution in [1.29, 1.82) is 0 Å². The van der Waals surface area contributed by atoms with Gasteiger partial charge < -0.3 is 18.9 Å². The van der Waals surface area contributed by atoms with Crippen molar-refractivity contribution >= 4 is 17.5 Å². The molecule has 0 N–H and O–H groups in total. The van der Waals surface area contributed by atoms with Crippen LogP contribution in [-0.2, 0) is 0 Å². The quantitative estimate of drug-likeness (QED) is 0.789. The van der Waals surface area contributed by atoms with Gasteiger partial charge in [-0.15, -0.1) is 0 Å². The molecule has 0 unspecified atom stereocenters. The molecule has 0 spiro atoms. The zero-order chi connectivity index (χ0) is 19.1. The summed E-state index contributed by atoms with van der Waals surface area (Å²) < 4.78 is 13.0. The number of ether oxygens (including phenoxy) is 2. The zero-order valence-corrected chi connectivity index (χ0v) is 16.0. The normalized spacial score (nSPS) is 16.8. The predicted octanol–water partition coefficient (Wildman–Crippen LogP) is 3.06. The molecule has 1 saturated carbocycles. The molecule has 2 fully saturated rings. The number of likely N-dealkylation sites (tertiary alicyclic amines) is 1. The fourth-order valence-electron chi connectivity index (χ4n) is 3.44. The number of carbonyl (C=O) groups is 1. The number of methoxy groups -OCH3 is 1. The average molecular weight is 389 g/mol. The zero-order valence-electron chi connectivity index (χ0n) is 15.3. The van der Waals surface area contributed by atoms with Crippen LogP contribution in [0.4, 0.5) is 0 Å². The predicted molar refractivity (Wildman–Crippen MR) is 102 cm³/mol. The van der Waals surface area contributed by atoms with Crippen molar-refractivity contribution in [2.45, 2.75) is 31.9 Å². The second kappa shape index (κ2) is 6.93. The van der Waals surface area contributed by atoms with Crippen molar-refractivity contribution in [3.63, 3.8) is 0 Å². The van der Waals surface area contributed by atoms with Crippen LogP contribution in [0, 0.1) is 6.92 Å². The number of hydrogen-bond acceptors (Lipinski definition) is 4. The first kappa shape index (κ1) is 17.9. The first-order valence-electron chi connectivity index (χ1n) is 8.99. The van der Waals surface area contributed by atoms with Crippen LogP contribution in [0.25, 0.3) is 0 Å². The maximum Gasteiger partial charge on any atom is 0.257 e. The summed E-state index contributed by atoms with van der Waals surface area (Å²) in [5.41, 5.74) is 1.32. The Hall–Kier alpha value is -2.47. The third kappa shape index (κ3) is 3.54. The number of carbonyl (C=O) groups excluding carboxylic acids is 1. The second-order valence-corrected chi connectivity index (χ2v) is 7.50. The molecule has 27 heavy (non-hydrogen) atoms. The van der Waals surface area contributed by atoms with Gasteiger partial charge in [0.25, 0.3) is 11.5 Å². The van der Waals surface area contributed by atoms with Crippen LogP contribution in [0.1, 0.15) is 34.9 Å². The first-order valence-corrected chi connectivity index (χ1v) is 9.36. The summed E-state index contributed by atoms with van der Waals surface area (Å²) in [7, 11) is 1.52. The van der Waals surface area contributed by atoms with Crippen molar-refractivity contribution in [3.8, 4) is 11.5 Å². The minimum Gasteiger partial charge on any atom is -0.496 e. The molecule has 0 atom stereocenters. The molecule has 2 aliphatic rings. The van der Waals surface area contributed by atoms with E-state index in [1.54, 1.807) is 23.1 Å². The van der Waals surface area contributed by atoms with E-state index in [9.17, 15) is 9.59 Å². The lowest BCUT2D eigenvalue weighted by Crippen LogP contribution is -2.56. The number of hydrogen-bond donors (Lipinski definition) is 0. The van der Waals surface area contributed by atoms with E-state index in [4.69, 9.17) is 21.1 Å². The van der Waals surface area contributed by atoms with E-state index in [0.717, 1.165) is 18.5 Å². The Balaban J connectivity index is 1.41. The molecule has 0 radical (unpaired) electrons. The van der Waals surface area contributed by atoms with E-state index in [1.165, 1.54) is 13.2 Å². The highest BCUT2D eigenvalue weighted by Crippen LogP contribution is 2.35. The number of amides is 1. The maximum atomic E-state index is 12.7. The number of benzene rings is 1. The molecule has 1 aromatic heterocycles. The van der Waals surface area contributed by atoms with E-state index in [0.29, 0.717) is 41.2 Å². The van der Waals surface area contributed by atoms with Crippen molar-refractivity contribution in [1.82, 2.24) is 9.47 Å². The van der Waals surface area contributed by atoms with Crippen molar-refractivity contribution in [3.05, 3.63) is 57.0 Å². The van der Waals surface area contributed by atoms with Gasteiger partial charge in [-0.05, 0) is 44.0 Å². The average Bonchev–Trinajstić information content (AvgIpc) is 3.41. The maximum absolute atomic E-state index is 12.7. The molecule has 1 aromatic carbocycles. The van der Waals surface area contributed by atoms with Gasteiger partial charge in [-0.3, -0.25) is 9.59 Å². The van der Waals surface area contributed by atoms with Crippen molar-refractivity contribution in [2.75, 3.05) is 20.2 Å². The molecule has 2 heterocycles. The number of nitrogens with zero attached hydrogens (tertiary/aromatic N) is 2. The summed E-state index contributed by atoms with van der Waals surface area (Å²) in [6, 6.07) is 8.75. The van der Waals surface area contributed by atoms with Crippen LogP contribution < -0.4 is 15.0 Å². The highest BCUT2D eigenvalue weighted by Gasteiger charge is 2.34. The van der Waals surface area contributed by atoms with E-state index < -0.39 is 0 Å². The molecule has 6 nitrogen and oxygen atoms in total. The van der Waals surface area contributed by atoms with Gasteiger partial charge in [-0.1, -0.05) is 11.6 Å². The Morgan fingerprint density at radius 2 is 1.93 bits per heavy atom. The van der Waals surface area contributed by atoms with Gasteiger partial charge in [0.1, 0.15) is 17.6 Å². The molecule has 1 saturated heterocycles. The second-order valence-electron chi connectivity index (χ2n) is 7.07. The molecule has 142 valence electrons. The van der Waals surface area contributed by atoms with Crippen LogP contribution in [0.2, 0.25) is 5.02 Å². The lowest BCUT2D eigenvalue weighted by atomic mass is 10.1. The lowest BCUT2D eigenvalue weighted by molar-refractivity contribution is 0.0174. The summed E-state index contributed by atoms with van der Waals surface area (Å²) in [6.07, 6.45) is 2.00. The fraction of sp³-hybridized carbons (Fsp3) is 0.400. The number of halogens is 1. The van der Waals surface area contributed by atoms with E-state index in [1.807, 2.05) is 17.6 Å². The molecule has 4 rings (SSSR count). The molecule has 1 aliphatic heterocycles.